The number of nitrogens with one attached hydrogen (secondary N) is 1. The molecule has 1 aliphatic rings. The smallest absolute Gasteiger partial charge is 0.179 e. The van der Waals surface area contributed by atoms with Crippen molar-refractivity contribution in [1.29, 1.82) is 0 Å². The minimum absolute atomic E-state index is 0.683. The molecule has 1 atom stereocenters. The van der Waals surface area contributed by atoms with Crippen LogP contribution < -0.4 is 0 Å². The van der Waals surface area contributed by atoms with Gasteiger partial charge in [0.1, 0.15) is 0 Å². The highest BCUT2D eigenvalue weighted by Crippen LogP contribution is 2.21. The molecule has 3 heterocycles. The van der Waals surface area contributed by atoms with E-state index in [-0.39, 0.29) is 0 Å². The molecule has 4 nitrogen and oxygen atoms in total. The average Bonchev–Trinajstić information content (AvgIpc) is 2.87. The fraction of sp³-hybridized carbons (Fsp3) is 0.538. The summed E-state index contributed by atoms with van der Waals surface area (Å²) in [7, 11) is 2.18. The predicted molar refractivity (Wildman–Crippen MR) is 75.3 cm³/mol. The molecule has 2 aromatic rings. The summed E-state index contributed by atoms with van der Waals surface area (Å²) < 4.78 is 2.95. The molecule has 0 amide bonds. The third-order valence-electron chi connectivity index (χ3n) is 3.80. The van der Waals surface area contributed by atoms with E-state index < -0.39 is 0 Å². The third-order valence-corrected chi connectivity index (χ3v) is 4.12. The highest BCUT2D eigenvalue weighted by atomic mass is 32.1. The number of H-pyrrole nitrogens is 1. The Morgan fingerprint density at radius 1 is 1.56 bits per heavy atom. The summed E-state index contributed by atoms with van der Waals surface area (Å²) in [6.45, 7) is 5.40. The van der Waals surface area contributed by atoms with Gasteiger partial charge >= 0.3 is 0 Å². The Kier molecular flexibility index (Phi) is 2.95. The maximum absolute atomic E-state index is 5.43. The molecule has 1 N–H and O–H groups in total. The number of rotatable bonds is 2. The number of hydrogen-bond donors (Lipinski definition) is 1. The molecule has 0 bridgehead atoms. The van der Waals surface area contributed by atoms with E-state index in [9.17, 15) is 0 Å². The molecule has 0 radical (unpaired) electrons. The number of imidazole rings is 1. The molecular weight excluding hydrogens is 244 g/mol. The van der Waals surface area contributed by atoms with Crippen molar-refractivity contribution in [1.82, 2.24) is 19.4 Å². The molecule has 18 heavy (non-hydrogen) atoms. The van der Waals surface area contributed by atoms with E-state index in [2.05, 4.69) is 33.4 Å². The topological polar surface area (TPSA) is 36.9 Å². The van der Waals surface area contributed by atoms with Crippen LogP contribution in [0.25, 0.3) is 11.2 Å². The fourth-order valence-electron chi connectivity index (χ4n) is 2.78. The van der Waals surface area contributed by atoms with Crippen molar-refractivity contribution in [2.75, 3.05) is 20.1 Å². The normalized spacial score (nSPS) is 20.9. The van der Waals surface area contributed by atoms with Gasteiger partial charge in [-0.15, -0.1) is 0 Å². The van der Waals surface area contributed by atoms with Crippen LogP contribution in [0.2, 0.25) is 0 Å². The largest absolute Gasteiger partial charge is 0.329 e. The molecule has 0 aliphatic carbocycles. The highest BCUT2D eigenvalue weighted by Gasteiger charge is 2.21. The minimum atomic E-state index is 0.683. The quantitative estimate of drug-likeness (QED) is 0.844. The van der Waals surface area contributed by atoms with Crippen LogP contribution in [0.4, 0.5) is 0 Å². The first-order valence-corrected chi connectivity index (χ1v) is 6.78. The van der Waals surface area contributed by atoms with Crippen molar-refractivity contribution in [2.24, 2.45) is 5.92 Å². The number of nitrogens with zero attached hydrogens (tertiary/aromatic N) is 3. The summed E-state index contributed by atoms with van der Waals surface area (Å²) in [4.78, 5) is 10.1. The molecule has 0 saturated carbocycles. The van der Waals surface area contributed by atoms with Crippen molar-refractivity contribution < 1.29 is 0 Å². The van der Waals surface area contributed by atoms with Crippen LogP contribution in [0.5, 0.6) is 0 Å². The lowest BCUT2D eigenvalue weighted by molar-refractivity contribution is 0.379. The molecule has 3 rings (SSSR count). The van der Waals surface area contributed by atoms with Gasteiger partial charge in [-0.1, -0.05) is 0 Å². The summed E-state index contributed by atoms with van der Waals surface area (Å²) in [6, 6.07) is 2.02. The zero-order valence-electron chi connectivity index (χ0n) is 10.8. The standard InChI is InChI=1S/C13H18N4S/c1-9-3-5-14-12-11(9)15-13(18)17(12)8-10-4-6-16(2)7-10/h3,5,10H,4,6-8H2,1-2H3,(H,15,18). The van der Waals surface area contributed by atoms with E-state index in [0.29, 0.717) is 5.92 Å². The second-order valence-corrected chi connectivity index (χ2v) is 5.67. The van der Waals surface area contributed by atoms with Crippen LogP contribution in [0.15, 0.2) is 12.3 Å². The second kappa shape index (κ2) is 4.48. The number of aromatic amines is 1. The minimum Gasteiger partial charge on any atom is -0.329 e. The first-order chi connectivity index (χ1) is 8.65. The number of fused-ring (bicyclic) bond motifs is 1. The van der Waals surface area contributed by atoms with Crippen LogP contribution in [0.1, 0.15) is 12.0 Å². The summed E-state index contributed by atoms with van der Waals surface area (Å²) in [6.07, 6.45) is 3.11. The molecule has 96 valence electrons. The van der Waals surface area contributed by atoms with Gasteiger partial charge < -0.3 is 14.5 Å². The maximum atomic E-state index is 5.43. The monoisotopic (exact) mass is 262 g/mol. The molecule has 1 unspecified atom stereocenters. The van der Waals surface area contributed by atoms with Gasteiger partial charge in [0, 0.05) is 19.3 Å². The van der Waals surface area contributed by atoms with Gasteiger partial charge in [0.25, 0.3) is 0 Å². The lowest BCUT2D eigenvalue weighted by Gasteiger charge is -2.11. The number of aromatic nitrogens is 3. The number of pyridine rings is 1. The van der Waals surface area contributed by atoms with Crippen molar-refractivity contribution in [3.63, 3.8) is 0 Å². The number of hydrogen-bond acceptors (Lipinski definition) is 3. The Bertz CT molecular complexity index is 627. The predicted octanol–water partition coefficient (Wildman–Crippen LogP) is 2.35. The zero-order valence-corrected chi connectivity index (χ0v) is 11.6. The third kappa shape index (κ3) is 1.97. The van der Waals surface area contributed by atoms with Crippen LogP contribution in [-0.2, 0) is 6.54 Å². The Balaban J connectivity index is 1.99. The van der Waals surface area contributed by atoms with Gasteiger partial charge in [-0.2, -0.15) is 0 Å². The van der Waals surface area contributed by atoms with Gasteiger partial charge in [0.05, 0.1) is 5.52 Å². The van der Waals surface area contributed by atoms with Crippen LogP contribution in [0.3, 0.4) is 0 Å². The van der Waals surface area contributed by atoms with Crippen molar-refractivity contribution >= 4 is 23.4 Å². The fourth-order valence-corrected chi connectivity index (χ4v) is 3.04. The Labute approximate surface area is 112 Å². The molecule has 0 aromatic carbocycles. The first kappa shape index (κ1) is 11.9. The van der Waals surface area contributed by atoms with E-state index in [1.807, 2.05) is 12.3 Å². The van der Waals surface area contributed by atoms with Crippen molar-refractivity contribution in [3.8, 4) is 0 Å². The highest BCUT2D eigenvalue weighted by molar-refractivity contribution is 7.71. The summed E-state index contributed by atoms with van der Waals surface area (Å²) in [5.41, 5.74) is 3.27. The van der Waals surface area contributed by atoms with E-state index >= 15 is 0 Å². The molecular formula is C13H18N4S. The second-order valence-electron chi connectivity index (χ2n) is 5.28. The van der Waals surface area contributed by atoms with Gasteiger partial charge in [-0.3, -0.25) is 0 Å². The Morgan fingerprint density at radius 2 is 2.39 bits per heavy atom. The lowest BCUT2D eigenvalue weighted by atomic mass is 10.1. The van der Waals surface area contributed by atoms with E-state index in [1.54, 1.807) is 0 Å². The van der Waals surface area contributed by atoms with Crippen molar-refractivity contribution in [3.05, 3.63) is 22.6 Å². The van der Waals surface area contributed by atoms with Crippen LogP contribution in [0, 0.1) is 17.6 Å². The van der Waals surface area contributed by atoms with E-state index in [0.717, 1.165) is 29.0 Å². The van der Waals surface area contributed by atoms with Crippen molar-refractivity contribution in [2.45, 2.75) is 19.9 Å². The average molecular weight is 262 g/mol. The SMILES string of the molecule is Cc1ccnc2c1[nH]c(=S)n2CC1CCN(C)C1. The van der Waals surface area contributed by atoms with Gasteiger partial charge in [0.15, 0.2) is 10.4 Å². The van der Waals surface area contributed by atoms with Gasteiger partial charge in [-0.25, -0.2) is 4.98 Å². The summed E-state index contributed by atoms with van der Waals surface area (Å²) in [5, 5.41) is 0. The van der Waals surface area contributed by atoms with E-state index in [4.69, 9.17) is 12.2 Å². The zero-order chi connectivity index (χ0) is 12.7. The summed E-state index contributed by atoms with van der Waals surface area (Å²) in [5.74, 6) is 0.683. The summed E-state index contributed by atoms with van der Waals surface area (Å²) >= 11 is 5.43. The van der Waals surface area contributed by atoms with Crippen LogP contribution in [-0.4, -0.2) is 39.6 Å². The molecule has 1 fully saturated rings. The Morgan fingerprint density at radius 3 is 3.11 bits per heavy atom. The first-order valence-electron chi connectivity index (χ1n) is 6.38. The van der Waals surface area contributed by atoms with Crippen LogP contribution >= 0.6 is 12.2 Å². The number of likely N-dealkylation sites (tertiary alicyclic amines) is 1. The number of aryl methyl sites for hydroxylation is 1. The molecule has 2 aromatic heterocycles. The van der Waals surface area contributed by atoms with Gasteiger partial charge in [-0.05, 0) is 56.7 Å². The maximum Gasteiger partial charge on any atom is 0.179 e. The molecule has 5 heteroatoms. The lowest BCUT2D eigenvalue weighted by Crippen LogP contribution is -2.17. The van der Waals surface area contributed by atoms with E-state index in [1.165, 1.54) is 18.5 Å². The molecule has 1 saturated heterocycles. The van der Waals surface area contributed by atoms with Gasteiger partial charge in [0.2, 0.25) is 0 Å². The molecule has 0 spiro atoms. The Hall–Kier alpha value is -1.20. The molecule has 1 aliphatic heterocycles.